The van der Waals surface area contributed by atoms with Crippen LogP contribution in [0.15, 0.2) is 11.1 Å². The Hall–Kier alpha value is -0.770. The SMILES string of the molecule is CNc1cc(SC(C)C)nc(C(C)C)n1. The molecule has 0 aliphatic heterocycles. The lowest BCUT2D eigenvalue weighted by Gasteiger charge is -2.10. The van der Waals surface area contributed by atoms with E-state index in [1.54, 1.807) is 11.8 Å². The molecule has 0 saturated carbocycles. The minimum absolute atomic E-state index is 0.366. The van der Waals surface area contributed by atoms with Gasteiger partial charge in [0.2, 0.25) is 0 Å². The zero-order valence-electron chi connectivity index (χ0n) is 10.0. The first-order valence-corrected chi connectivity index (χ1v) is 6.14. The van der Waals surface area contributed by atoms with E-state index < -0.39 is 0 Å². The maximum atomic E-state index is 4.53. The van der Waals surface area contributed by atoms with Gasteiger partial charge in [0.15, 0.2) is 0 Å². The molecule has 0 bridgehead atoms. The standard InChI is InChI=1S/C11H19N3S/c1-7(2)11-13-9(12-5)6-10(14-11)15-8(3)4/h6-8H,1-5H3,(H,12,13,14). The summed E-state index contributed by atoms with van der Waals surface area (Å²) in [5.41, 5.74) is 0. The topological polar surface area (TPSA) is 37.8 Å². The second-order valence-corrected chi connectivity index (χ2v) is 5.62. The third-order valence-electron chi connectivity index (χ3n) is 1.85. The second kappa shape index (κ2) is 5.35. The lowest BCUT2D eigenvalue weighted by molar-refractivity contribution is 0.755. The predicted molar refractivity (Wildman–Crippen MR) is 66.7 cm³/mol. The van der Waals surface area contributed by atoms with Gasteiger partial charge in [-0.15, -0.1) is 11.8 Å². The van der Waals surface area contributed by atoms with Gasteiger partial charge < -0.3 is 5.32 Å². The summed E-state index contributed by atoms with van der Waals surface area (Å²) in [6.45, 7) is 8.55. The number of thioether (sulfide) groups is 1. The number of nitrogens with zero attached hydrogens (tertiary/aromatic N) is 2. The Labute approximate surface area is 96.1 Å². The van der Waals surface area contributed by atoms with E-state index in [2.05, 4.69) is 43.0 Å². The molecule has 0 saturated heterocycles. The van der Waals surface area contributed by atoms with Crippen molar-refractivity contribution >= 4 is 17.6 Å². The summed E-state index contributed by atoms with van der Waals surface area (Å²) in [7, 11) is 1.89. The highest BCUT2D eigenvalue weighted by atomic mass is 32.2. The first kappa shape index (κ1) is 12.3. The fourth-order valence-corrected chi connectivity index (χ4v) is 1.94. The Morgan fingerprint density at radius 2 is 1.87 bits per heavy atom. The van der Waals surface area contributed by atoms with Crippen molar-refractivity contribution < 1.29 is 0 Å². The number of aromatic nitrogens is 2. The van der Waals surface area contributed by atoms with Crippen molar-refractivity contribution in [3.63, 3.8) is 0 Å². The Morgan fingerprint density at radius 1 is 1.20 bits per heavy atom. The van der Waals surface area contributed by atoms with Crippen LogP contribution in [0.4, 0.5) is 5.82 Å². The van der Waals surface area contributed by atoms with Crippen LogP contribution in [0.5, 0.6) is 0 Å². The molecule has 0 radical (unpaired) electrons. The fourth-order valence-electron chi connectivity index (χ4n) is 1.13. The van der Waals surface area contributed by atoms with Crippen molar-refractivity contribution in [2.75, 3.05) is 12.4 Å². The summed E-state index contributed by atoms with van der Waals surface area (Å²) in [6.07, 6.45) is 0. The molecule has 84 valence electrons. The van der Waals surface area contributed by atoms with Crippen molar-refractivity contribution in [3.05, 3.63) is 11.9 Å². The summed E-state index contributed by atoms with van der Waals surface area (Å²) in [5.74, 6) is 2.17. The van der Waals surface area contributed by atoms with E-state index in [1.165, 1.54) is 0 Å². The van der Waals surface area contributed by atoms with Crippen molar-refractivity contribution in [2.45, 2.75) is 43.9 Å². The molecule has 0 aliphatic rings. The third kappa shape index (κ3) is 3.70. The van der Waals surface area contributed by atoms with Crippen LogP contribution in [0.3, 0.4) is 0 Å². The highest BCUT2D eigenvalue weighted by Gasteiger charge is 2.08. The Bertz CT molecular complexity index is 324. The number of rotatable bonds is 4. The second-order valence-electron chi connectivity index (χ2n) is 4.02. The van der Waals surface area contributed by atoms with Gasteiger partial charge >= 0.3 is 0 Å². The predicted octanol–water partition coefficient (Wildman–Crippen LogP) is 3.14. The average Bonchev–Trinajstić information content (AvgIpc) is 2.16. The lowest BCUT2D eigenvalue weighted by Crippen LogP contribution is -2.03. The van der Waals surface area contributed by atoms with Gasteiger partial charge in [-0.1, -0.05) is 27.7 Å². The van der Waals surface area contributed by atoms with Gasteiger partial charge in [0, 0.05) is 24.3 Å². The molecule has 0 unspecified atom stereocenters. The summed E-state index contributed by atoms with van der Waals surface area (Å²) in [5, 5.41) is 4.67. The molecular weight excluding hydrogens is 206 g/mol. The highest BCUT2D eigenvalue weighted by molar-refractivity contribution is 7.99. The average molecular weight is 225 g/mol. The first-order chi connectivity index (χ1) is 7.02. The van der Waals surface area contributed by atoms with E-state index in [1.807, 2.05) is 13.1 Å². The van der Waals surface area contributed by atoms with Gasteiger partial charge in [-0.05, 0) is 0 Å². The minimum Gasteiger partial charge on any atom is -0.373 e. The van der Waals surface area contributed by atoms with E-state index in [4.69, 9.17) is 0 Å². The fraction of sp³-hybridized carbons (Fsp3) is 0.636. The first-order valence-electron chi connectivity index (χ1n) is 5.26. The van der Waals surface area contributed by atoms with Crippen molar-refractivity contribution in [1.82, 2.24) is 9.97 Å². The normalized spacial score (nSPS) is 11.1. The van der Waals surface area contributed by atoms with E-state index in [-0.39, 0.29) is 0 Å². The van der Waals surface area contributed by atoms with Crippen LogP contribution in [0.1, 0.15) is 39.4 Å². The molecule has 15 heavy (non-hydrogen) atoms. The van der Waals surface area contributed by atoms with E-state index in [0.717, 1.165) is 16.7 Å². The van der Waals surface area contributed by atoms with Crippen LogP contribution in [-0.2, 0) is 0 Å². The van der Waals surface area contributed by atoms with E-state index in [0.29, 0.717) is 11.2 Å². The maximum Gasteiger partial charge on any atom is 0.134 e. The molecule has 0 aromatic carbocycles. The van der Waals surface area contributed by atoms with Crippen LogP contribution in [0.2, 0.25) is 0 Å². The molecule has 0 fully saturated rings. The molecule has 4 heteroatoms. The Kier molecular flexibility index (Phi) is 4.39. The van der Waals surface area contributed by atoms with Gasteiger partial charge in [0.25, 0.3) is 0 Å². The monoisotopic (exact) mass is 225 g/mol. The zero-order chi connectivity index (χ0) is 11.4. The number of hydrogen-bond donors (Lipinski definition) is 1. The van der Waals surface area contributed by atoms with Gasteiger partial charge in [-0.25, -0.2) is 9.97 Å². The smallest absolute Gasteiger partial charge is 0.134 e. The van der Waals surface area contributed by atoms with Crippen molar-refractivity contribution in [2.24, 2.45) is 0 Å². The van der Waals surface area contributed by atoms with Crippen LogP contribution < -0.4 is 5.32 Å². The molecule has 1 aromatic heterocycles. The van der Waals surface area contributed by atoms with Crippen LogP contribution in [0, 0.1) is 0 Å². The minimum atomic E-state index is 0.366. The van der Waals surface area contributed by atoms with Crippen LogP contribution in [-0.4, -0.2) is 22.3 Å². The molecule has 0 atom stereocenters. The quantitative estimate of drug-likeness (QED) is 0.631. The van der Waals surface area contributed by atoms with Gasteiger partial charge in [-0.2, -0.15) is 0 Å². The van der Waals surface area contributed by atoms with Gasteiger partial charge in [0.1, 0.15) is 16.7 Å². The van der Waals surface area contributed by atoms with Crippen LogP contribution in [0.25, 0.3) is 0 Å². The molecular formula is C11H19N3S. The van der Waals surface area contributed by atoms with E-state index >= 15 is 0 Å². The Balaban J connectivity index is 3.00. The Morgan fingerprint density at radius 3 is 2.33 bits per heavy atom. The summed E-state index contributed by atoms with van der Waals surface area (Å²) < 4.78 is 0. The number of nitrogens with one attached hydrogen (secondary N) is 1. The third-order valence-corrected chi connectivity index (χ3v) is 2.77. The molecule has 1 N–H and O–H groups in total. The van der Waals surface area contributed by atoms with Crippen molar-refractivity contribution in [1.29, 1.82) is 0 Å². The lowest BCUT2D eigenvalue weighted by atomic mass is 10.2. The molecule has 0 amide bonds. The van der Waals surface area contributed by atoms with Gasteiger partial charge in [0.05, 0.1) is 0 Å². The van der Waals surface area contributed by atoms with Gasteiger partial charge in [-0.3, -0.25) is 0 Å². The van der Waals surface area contributed by atoms with Crippen molar-refractivity contribution in [3.8, 4) is 0 Å². The molecule has 1 rings (SSSR count). The van der Waals surface area contributed by atoms with E-state index in [9.17, 15) is 0 Å². The summed E-state index contributed by atoms with van der Waals surface area (Å²) >= 11 is 1.77. The maximum absolute atomic E-state index is 4.53. The molecule has 1 heterocycles. The molecule has 1 aromatic rings. The molecule has 3 nitrogen and oxygen atoms in total. The largest absolute Gasteiger partial charge is 0.373 e. The molecule has 0 spiro atoms. The highest BCUT2D eigenvalue weighted by Crippen LogP contribution is 2.24. The van der Waals surface area contributed by atoms with Crippen LogP contribution >= 0.6 is 11.8 Å². The summed E-state index contributed by atoms with van der Waals surface area (Å²) in [4.78, 5) is 8.96. The zero-order valence-corrected chi connectivity index (χ0v) is 10.9. The molecule has 0 aliphatic carbocycles. The summed E-state index contributed by atoms with van der Waals surface area (Å²) in [6, 6.07) is 2.00. The number of anilines is 1. The number of hydrogen-bond acceptors (Lipinski definition) is 4.